The van der Waals surface area contributed by atoms with Crippen LogP contribution in [0.4, 0.5) is 0 Å². The second kappa shape index (κ2) is 9.76. The Balaban J connectivity index is 1.19. The fourth-order valence-electron chi connectivity index (χ4n) is 2.60. The highest BCUT2D eigenvalue weighted by molar-refractivity contribution is 7.13. The van der Waals surface area contributed by atoms with Crippen molar-refractivity contribution in [3.05, 3.63) is 89.6 Å². The van der Waals surface area contributed by atoms with Crippen LogP contribution in [0.1, 0.15) is 11.3 Å². The number of nitrogens with zero attached hydrogens (tertiary/aromatic N) is 1. The second-order valence-electron chi connectivity index (χ2n) is 6.32. The number of benzene rings is 2. The molecule has 0 atom stereocenters. The van der Waals surface area contributed by atoms with Crippen LogP contribution in [0.2, 0.25) is 0 Å². The van der Waals surface area contributed by atoms with E-state index in [4.69, 9.17) is 18.6 Å². The summed E-state index contributed by atoms with van der Waals surface area (Å²) in [5.74, 6) is 1.31. The normalized spacial score (nSPS) is 10.5. The molecule has 0 spiro atoms. The van der Waals surface area contributed by atoms with E-state index >= 15 is 0 Å². The Hall–Kier alpha value is -3.58. The highest BCUT2D eigenvalue weighted by Crippen LogP contribution is 2.24. The number of thiophene rings is 1. The molecule has 0 aliphatic carbocycles. The third-order valence-corrected chi connectivity index (χ3v) is 4.95. The van der Waals surface area contributed by atoms with Gasteiger partial charge in [-0.3, -0.25) is 0 Å². The molecule has 0 saturated heterocycles. The average Bonchev–Trinajstić information content (AvgIpc) is 3.48. The van der Waals surface area contributed by atoms with E-state index in [2.05, 4.69) is 4.98 Å². The summed E-state index contributed by atoms with van der Waals surface area (Å²) in [6.07, 6.45) is 1.48. The minimum atomic E-state index is -0.486. The largest absolute Gasteiger partial charge is 0.489 e. The number of hydrogen-bond donors (Lipinski definition) is 0. The third-order valence-electron chi connectivity index (χ3n) is 4.09. The van der Waals surface area contributed by atoms with Gasteiger partial charge in [0.05, 0.1) is 4.88 Å². The fourth-order valence-corrected chi connectivity index (χ4v) is 3.25. The van der Waals surface area contributed by atoms with Crippen molar-refractivity contribution in [3.63, 3.8) is 0 Å². The minimum Gasteiger partial charge on any atom is -0.489 e. The number of rotatable bonds is 9. The summed E-state index contributed by atoms with van der Waals surface area (Å²) >= 11 is 1.53. The molecule has 152 valence electrons. The van der Waals surface area contributed by atoms with Crippen LogP contribution >= 0.6 is 11.3 Å². The molecule has 4 aromatic rings. The van der Waals surface area contributed by atoms with Gasteiger partial charge in [0.15, 0.2) is 6.61 Å². The molecule has 0 aliphatic heterocycles. The fraction of sp³-hybridized carbons (Fsp3) is 0.130. The van der Waals surface area contributed by atoms with Crippen LogP contribution in [0, 0.1) is 0 Å². The van der Waals surface area contributed by atoms with Crippen LogP contribution in [0.15, 0.2) is 82.8 Å². The lowest BCUT2D eigenvalue weighted by atomic mass is 10.2. The van der Waals surface area contributed by atoms with Crippen LogP contribution in [0.25, 0.3) is 10.8 Å². The summed E-state index contributed by atoms with van der Waals surface area (Å²) < 4.78 is 21.8. The Kier molecular flexibility index (Phi) is 6.41. The molecule has 30 heavy (non-hydrogen) atoms. The summed E-state index contributed by atoms with van der Waals surface area (Å²) in [6, 6.07) is 20.8. The maximum absolute atomic E-state index is 11.9. The summed E-state index contributed by atoms with van der Waals surface area (Å²) in [5.41, 5.74) is 1.64. The SMILES string of the molecule is O=C(COc1ccc(OCc2ccccc2)cc1)OCc1coc(-c2cccs2)n1. The van der Waals surface area contributed by atoms with Gasteiger partial charge in [-0.2, -0.15) is 0 Å². The Bertz CT molecular complexity index is 1060. The zero-order valence-corrected chi connectivity index (χ0v) is 16.8. The summed E-state index contributed by atoms with van der Waals surface area (Å²) in [6.45, 7) is 0.326. The molecule has 0 saturated carbocycles. The van der Waals surface area contributed by atoms with Gasteiger partial charge >= 0.3 is 5.97 Å². The van der Waals surface area contributed by atoms with Crippen LogP contribution in [0.5, 0.6) is 11.5 Å². The number of ether oxygens (including phenoxy) is 3. The lowest BCUT2D eigenvalue weighted by molar-refractivity contribution is -0.147. The van der Waals surface area contributed by atoms with E-state index in [-0.39, 0.29) is 13.2 Å². The van der Waals surface area contributed by atoms with Crippen LogP contribution < -0.4 is 9.47 Å². The number of hydrogen-bond acceptors (Lipinski definition) is 7. The van der Waals surface area contributed by atoms with E-state index in [0.717, 1.165) is 16.2 Å². The lowest BCUT2D eigenvalue weighted by Crippen LogP contribution is -2.14. The summed E-state index contributed by atoms with van der Waals surface area (Å²) in [7, 11) is 0. The highest BCUT2D eigenvalue weighted by atomic mass is 32.1. The van der Waals surface area contributed by atoms with E-state index < -0.39 is 5.97 Å². The van der Waals surface area contributed by atoms with Crippen molar-refractivity contribution < 1.29 is 23.4 Å². The highest BCUT2D eigenvalue weighted by Gasteiger charge is 2.10. The molecule has 0 amide bonds. The second-order valence-corrected chi connectivity index (χ2v) is 7.26. The van der Waals surface area contributed by atoms with Crippen molar-refractivity contribution in [2.24, 2.45) is 0 Å². The first-order valence-electron chi connectivity index (χ1n) is 9.30. The molecule has 2 aromatic carbocycles. The van der Waals surface area contributed by atoms with Gasteiger partial charge in [-0.05, 0) is 41.3 Å². The monoisotopic (exact) mass is 421 g/mol. The van der Waals surface area contributed by atoms with Crippen molar-refractivity contribution in [2.75, 3.05) is 6.61 Å². The van der Waals surface area contributed by atoms with Gasteiger partial charge in [-0.15, -0.1) is 11.3 Å². The molecule has 0 radical (unpaired) electrons. The van der Waals surface area contributed by atoms with Crippen LogP contribution in [-0.2, 0) is 22.7 Å². The van der Waals surface area contributed by atoms with Gasteiger partial charge in [0.2, 0.25) is 5.89 Å². The molecule has 6 nitrogen and oxygen atoms in total. The molecule has 0 N–H and O–H groups in total. The van der Waals surface area contributed by atoms with Crippen molar-refractivity contribution in [1.82, 2.24) is 4.98 Å². The van der Waals surface area contributed by atoms with Crippen molar-refractivity contribution >= 4 is 17.3 Å². The van der Waals surface area contributed by atoms with Gasteiger partial charge in [-0.1, -0.05) is 36.4 Å². The molecule has 2 aromatic heterocycles. The maximum Gasteiger partial charge on any atom is 0.344 e. The topological polar surface area (TPSA) is 70.8 Å². The van der Waals surface area contributed by atoms with E-state index in [1.165, 1.54) is 17.6 Å². The quantitative estimate of drug-likeness (QED) is 0.350. The van der Waals surface area contributed by atoms with E-state index in [9.17, 15) is 4.79 Å². The lowest BCUT2D eigenvalue weighted by Gasteiger charge is -2.08. The summed E-state index contributed by atoms with van der Waals surface area (Å²) in [5, 5.41) is 1.94. The predicted molar refractivity (Wildman–Crippen MR) is 112 cm³/mol. The molecule has 7 heteroatoms. The maximum atomic E-state index is 11.9. The zero-order valence-electron chi connectivity index (χ0n) is 16.0. The molecule has 0 unspecified atom stereocenters. The predicted octanol–water partition coefficient (Wildman–Crippen LogP) is 5.10. The zero-order chi connectivity index (χ0) is 20.6. The first kappa shape index (κ1) is 19.7. The van der Waals surface area contributed by atoms with Gasteiger partial charge < -0.3 is 18.6 Å². The Morgan fingerprint density at radius 3 is 2.40 bits per heavy atom. The van der Waals surface area contributed by atoms with Crippen molar-refractivity contribution in [1.29, 1.82) is 0 Å². The van der Waals surface area contributed by atoms with E-state index in [1.807, 2.05) is 47.8 Å². The summed E-state index contributed by atoms with van der Waals surface area (Å²) in [4.78, 5) is 17.2. The van der Waals surface area contributed by atoms with Gasteiger partial charge in [0.1, 0.15) is 36.7 Å². The van der Waals surface area contributed by atoms with Gasteiger partial charge in [-0.25, -0.2) is 9.78 Å². The third kappa shape index (κ3) is 5.48. The standard InChI is InChI=1S/C23H19NO5S/c25-22(28-14-18-15-29-23(24-18)21-7-4-12-30-21)16-27-20-10-8-19(9-11-20)26-13-17-5-2-1-3-6-17/h1-12,15H,13-14,16H2. The van der Waals surface area contributed by atoms with Crippen LogP contribution in [0.3, 0.4) is 0 Å². The molecule has 0 aliphatic rings. The average molecular weight is 421 g/mol. The van der Waals surface area contributed by atoms with Crippen molar-refractivity contribution in [2.45, 2.75) is 13.2 Å². The minimum absolute atomic E-state index is 0.0311. The Labute approximate surface area is 177 Å². The molecule has 0 fully saturated rings. The molecule has 4 rings (SSSR count). The molecule has 2 heterocycles. The smallest absolute Gasteiger partial charge is 0.344 e. The van der Waals surface area contributed by atoms with E-state index in [1.54, 1.807) is 24.3 Å². The Morgan fingerprint density at radius 2 is 1.67 bits per heavy atom. The molecular weight excluding hydrogens is 402 g/mol. The number of carbonyl (C=O) groups excluding carboxylic acids is 1. The number of carbonyl (C=O) groups is 1. The number of oxazole rings is 1. The first-order chi connectivity index (χ1) is 14.8. The molecular formula is C23H19NO5S. The van der Waals surface area contributed by atoms with Gasteiger partial charge in [0, 0.05) is 0 Å². The Morgan fingerprint density at radius 1 is 0.900 bits per heavy atom. The van der Waals surface area contributed by atoms with Crippen LogP contribution in [-0.4, -0.2) is 17.6 Å². The number of aromatic nitrogens is 1. The first-order valence-corrected chi connectivity index (χ1v) is 10.2. The molecule has 0 bridgehead atoms. The van der Waals surface area contributed by atoms with E-state index in [0.29, 0.717) is 23.9 Å². The van der Waals surface area contributed by atoms with Gasteiger partial charge in [0.25, 0.3) is 0 Å². The number of esters is 1. The van der Waals surface area contributed by atoms with Crippen molar-refractivity contribution in [3.8, 4) is 22.3 Å².